The smallest absolute Gasteiger partial charge is 0.418 e. The van der Waals surface area contributed by atoms with Crippen LogP contribution in [-0.4, -0.2) is 18.0 Å². The molecule has 31 heavy (non-hydrogen) atoms. The third-order valence-electron chi connectivity index (χ3n) is 4.30. The fraction of sp³-hybridized carbons (Fsp3) is 0.143. The average molecular weight is 440 g/mol. The molecule has 0 bridgehead atoms. The number of methoxy groups -OCH3 is 1. The summed E-state index contributed by atoms with van der Waals surface area (Å²) in [5.74, 6) is -0.703. The van der Waals surface area contributed by atoms with Crippen molar-refractivity contribution >= 4 is 11.6 Å². The summed E-state index contributed by atoms with van der Waals surface area (Å²) >= 11 is 0. The van der Waals surface area contributed by atoms with E-state index in [4.69, 9.17) is 4.74 Å². The molecular formula is C21H14F6N2O2. The average Bonchev–Trinajstić information content (AvgIpc) is 2.72. The zero-order valence-corrected chi connectivity index (χ0v) is 15.8. The molecule has 1 amide bonds. The van der Waals surface area contributed by atoms with Gasteiger partial charge in [-0.2, -0.15) is 26.3 Å². The first-order chi connectivity index (χ1) is 14.5. The predicted molar refractivity (Wildman–Crippen MR) is 101 cm³/mol. The summed E-state index contributed by atoms with van der Waals surface area (Å²) in [5.41, 5.74) is -2.01. The van der Waals surface area contributed by atoms with Crippen molar-refractivity contribution in [2.24, 2.45) is 0 Å². The largest absolute Gasteiger partial charge is 0.496 e. The molecule has 0 aliphatic heterocycles. The van der Waals surface area contributed by atoms with Gasteiger partial charge in [0.1, 0.15) is 5.75 Å². The second kappa shape index (κ2) is 8.29. The number of amides is 1. The van der Waals surface area contributed by atoms with Gasteiger partial charge in [0.25, 0.3) is 5.91 Å². The Labute approximate surface area is 172 Å². The molecule has 0 fully saturated rings. The lowest BCUT2D eigenvalue weighted by atomic mass is 10.0. The molecule has 2 aromatic carbocycles. The van der Waals surface area contributed by atoms with E-state index < -0.39 is 29.4 Å². The van der Waals surface area contributed by atoms with Gasteiger partial charge in [0.05, 0.1) is 23.9 Å². The third kappa shape index (κ3) is 4.96. The monoisotopic (exact) mass is 440 g/mol. The van der Waals surface area contributed by atoms with Gasteiger partial charge in [-0.05, 0) is 54.6 Å². The predicted octanol–water partition coefficient (Wildman–Crippen LogP) is 6.05. The summed E-state index contributed by atoms with van der Waals surface area (Å²) in [5, 5.41) is 2.43. The van der Waals surface area contributed by atoms with Crippen LogP contribution < -0.4 is 10.1 Å². The van der Waals surface area contributed by atoms with Crippen molar-refractivity contribution in [1.29, 1.82) is 0 Å². The van der Waals surface area contributed by atoms with Crippen LogP contribution in [0.3, 0.4) is 0 Å². The summed E-state index contributed by atoms with van der Waals surface area (Å²) < 4.78 is 83.0. The summed E-state index contributed by atoms with van der Waals surface area (Å²) in [7, 11) is 1.23. The molecule has 0 aliphatic rings. The number of alkyl halides is 6. The highest BCUT2D eigenvalue weighted by molar-refractivity contribution is 6.05. The second-order valence-corrected chi connectivity index (χ2v) is 6.34. The molecule has 0 spiro atoms. The number of pyridine rings is 1. The van der Waals surface area contributed by atoms with E-state index in [1.165, 1.54) is 31.5 Å². The van der Waals surface area contributed by atoms with Gasteiger partial charge in [-0.1, -0.05) is 0 Å². The number of anilines is 1. The summed E-state index contributed by atoms with van der Waals surface area (Å²) in [4.78, 5) is 16.3. The number of nitrogens with zero attached hydrogens (tertiary/aromatic N) is 1. The van der Waals surface area contributed by atoms with E-state index in [0.717, 1.165) is 36.4 Å². The SMILES string of the molecule is COc1cc(C(=O)Nc2ccc(C(F)(F)F)cc2)ccc1-c1ncccc1C(F)(F)F. The van der Waals surface area contributed by atoms with Gasteiger partial charge < -0.3 is 10.1 Å². The Morgan fingerprint density at radius 3 is 2.19 bits per heavy atom. The molecular weight excluding hydrogens is 426 g/mol. The maximum absolute atomic E-state index is 13.3. The van der Waals surface area contributed by atoms with Crippen LogP contribution in [0.2, 0.25) is 0 Å². The Morgan fingerprint density at radius 1 is 0.935 bits per heavy atom. The first-order valence-electron chi connectivity index (χ1n) is 8.70. The van der Waals surface area contributed by atoms with Crippen LogP contribution in [0.1, 0.15) is 21.5 Å². The van der Waals surface area contributed by atoms with Gasteiger partial charge in [-0.3, -0.25) is 9.78 Å². The van der Waals surface area contributed by atoms with Crippen molar-refractivity contribution in [2.45, 2.75) is 12.4 Å². The number of halogens is 6. The number of hydrogen-bond donors (Lipinski definition) is 1. The van der Waals surface area contributed by atoms with Crippen LogP contribution in [0.25, 0.3) is 11.3 Å². The van der Waals surface area contributed by atoms with Crippen molar-refractivity contribution in [3.8, 4) is 17.0 Å². The fourth-order valence-corrected chi connectivity index (χ4v) is 2.82. The number of carbonyl (C=O) groups excluding carboxylic acids is 1. The number of rotatable bonds is 4. The molecule has 0 unspecified atom stereocenters. The lowest BCUT2D eigenvalue weighted by molar-refractivity contribution is -0.138. The maximum Gasteiger partial charge on any atom is 0.418 e. The van der Waals surface area contributed by atoms with Gasteiger partial charge >= 0.3 is 12.4 Å². The second-order valence-electron chi connectivity index (χ2n) is 6.34. The zero-order chi connectivity index (χ0) is 22.8. The topological polar surface area (TPSA) is 51.2 Å². The molecule has 1 aromatic heterocycles. The molecule has 3 aromatic rings. The molecule has 162 valence electrons. The van der Waals surface area contributed by atoms with Gasteiger partial charge in [-0.25, -0.2) is 0 Å². The van der Waals surface area contributed by atoms with E-state index in [1.54, 1.807) is 0 Å². The van der Waals surface area contributed by atoms with Gasteiger partial charge in [0.15, 0.2) is 0 Å². The number of carbonyl (C=O) groups is 1. The number of aromatic nitrogens is 1. The minimum Gasteiger partial charge on any atom is -0.496 e. The molecule has 0 saturated carbocycles. The Balaban J connectivity index is 1.89. The van der Waals surface area contributed by atoms with Crippen molar-refractivity contribution in [3.63, 3.8) is 0 Å². The summed E-state index contributed by atoms with van der Waals surface area (Å²) in [6.45, 7) is 0. The first-order valence-corrected chi connectivity index (χ1v) is 8.70. The van der Waals surface area contributed by atoms with Crippen LogP contribution >= 0.6 is 0 Å². The van der Waals surface area contributed by atoms with E-state index in [-0.39, 0.29) is 28.3 Å². The number of nitrogens with one attached hydrogen (secondary N) is 1. The molecule has 3 rings (SSSR count). The molecule has 0 aliphatic carbocycles. The van der Waals surface area contributed by atoms with E-state index >= 15 is 0 Å². The number of ether oxygens (including phenoxy) is 1. The fourth-order valence-electron chi connectivity index (χ4n) is 2.82. The van der Waals surface area contributed by atoms with Crippen molar-refractivity contribution < 1.29 is 35.9 Å². The van der Waals surface area contributed by atoms with Gasteiger partial charge in [-0.15, -0.1) is 0 Å². The van der Waals surface area contributed by atoms with Gasteiger partial charge in [0, 0.05) is 23.0 Å². The van der Waals surface area contributed by atoms with Gasteiger partial charge in [0.2, 0.25) is 0 Å². The Hall–Kier alpha value is -3.56. The molecule has 0 atom stereocenters. The van der Waals surface area contributed by atoms with Crippen molar-refractivity contribution in [3.05, 3.63) is 77.5 Å². The van der Waals surface area contributed by atoms with Crippen LogP contribution in [0.4, 0.5) is 32.0 Å². The normalized spacial score (nSPS) is 11.8. The number of hydrogen-bond acceptors (Lipinski definition) is 3. The first kappa shape index (κ1) is 22.1. The van der Waals surface area contributed by atoms with E-state index in [0.29, 0.717) is 0 Å². The minimum atomic E-state index is -4.65. The molecule has 1 N–H and O–H groups in total. The molecule has 10 heteroatoms. The summed E-state index contributed by atoms with van der Waals surface area (Å²) in [6.07, 6.45) is -7.95. The van der Waals surface area contributed by atoms with E-state index in [2.05, 4.69) is 10.3 Å². The zero-order valence-electron chi connectivity index (χ0n) is 15.8. The highest BCUT2D eigenvalue weighted by Gasteiger charge is 2.35. The van der Waals surface area contributed by atoms with Crippen molar-refractivity contribution in [1.82, 2.24) is 4.98 Å². The summed E-state index contributed by atoms with van der Waals surface area (Å²) in [6, 6.07) is 9.62. The van der Waals surface area contributed by atoms with E-state index in [1.807, 2.05) is 0 Å². The Morgan fingerprint density at radius 2 is 1.61 bits per heavy atom. The number of benzene rings is 2. The lowest BCUT2D eigenvalue weighted by Gasteiger charge is -2.15. The van der Waals surface area contributed by atoms with Crippen LogP contribution in [0.15, 0.2) is 60.8 Å². The molecule has 0 radical (unpaired) electrons. The van der Waals surface area contributed by atoms with Crippen LogP contribution in [0.5, 0.6) is 5.75 Å². The molecule has 0 saturated heterocycles. The highest BCUT2D eigenvalue weighted by Crippen LogP contribution is 2.39. The molecule has 1 heterocycles. The van der Waals surface area contributed by atoms with Crippen LogP contribution in [0, 0.1) is 0 Å². The molecule has 4 nitrogen and oxygen atoms in total. The Bertz CT molecular complexity index is 1090. The Kier molecular flexibility index (Phi) is 5.92. The standard InChI is InChI=1S/C21H14F6N2O2/c1-31-17-11-12(19(30)29-14-7-5-13(6-8-14)20(22,23)24)4-9-15(17)18-16(21(25,26)27)3-2-10-28-18/h2-11H,1H3,(H,29,30). The lowest BCUT2D eigenvalue weighted by Crippen LogP contribution is -2.13. The minimum absolute atomic E-state index is 0.0238. The quantitative estimate of drug-likeness (QED) is 0.503. The van der Waals surface area contributed by atoms with E-state index in [9.17, 15) is 31.1 Å². The van der Waals surface area contributed by atoms with Crippen LogP contribution in [-0.2, 0) is 12.4 Å². The highest BCUT2D eigenvalue weighted by atomic mass is 19.4. The van der Waals surface area contributed by atoms with Crippen molar-refractivity contribution in [2.75, 3.05) is 12.4 Å². The maximum atomic E-state index is 13.3. The third-order valence-corrected chi connectivity index (χ3v) is 4.30.